The zero-order valence-corrected chi connectivity index (χ0v) is 15.6. The van der Waals surface area contributed by atoms with Crippen LogP contribution in [0.25, 0.3) is 0 Å². The van der Waals surface area contributed by atoms with Crippen molar-refractivity contribution in [2.24, 2.45) is 5.92 Å². The normalized spacial score (nSPS) is 19.9. The van der Waals surface area contributed by atoms with Gasteiger partial charge in [-0.15, -0.1) is 11.8 Å². The molecule has 1 aromatic carbocycles. The molecule has 2 aromatic rings. The van der Waals surface area contributed by atoms with E-state index in [4.69, 9.17) is 9.52 Å². The maximum Gasteiger partial charge on any atom is 0.339 e. The monoisotopic (exact) mass is 373 g/mol. The lowest BCUT2D eigenvalue weighted by atomic mass is 9.86. The van der Waals surface area contributed by atoms with Crippen molar-refractivity contribution in [2.45, 2.75) is 49.3 Å². The Labute approximate surface area is 157 Å². The minimum absolute atomic E-state index is 0.0650. The number of benzene rings is 1. The molecule has 2 unspecified atom stereocenters. The number of carbonyl (C=O) groups excluding carboxylic acids is 1. The van der Waals surface area contributed by atoms with E-state index >= 15 is 0 Å². The first-order valence-electron chi connectivity index (χ1n) is 8.88. The lowest BCUT2D eigenvalue weighted by Crippen LogP contribution is -2.41. The van der Waals surface area contributed by atoms with E-state index in [1.807, 2.05) is 24.3 Å². The second kappa shape index (κ2) is 8.45. The molecule has 2 atom stereocenters. The minimum atomic E-state index is -1.01. The van der Waals surface area contributed by atoms with E-state index in [0.29, 0.717) is 23.0 Å². The fourth-order valence-corrected chi connectivity index (χ4v) is 4.34. The van der Waals surface area contributed by atoms with Crippen LogP contribution in [0.15, 0.2) is 45.9 Å². The van der Waals surface area contributed by atoms with Crippen LogP contribution in [-0.4, -0.2) is 23.0 Å². The summed E-state index contributed by atoms with van der Waals surface area (Å²) < 4.78 is 5.28. The van der Waals surface area contributed by atoms with Crippen molar-refractivity contribution in [3.05, 3.63) is 53.5 Å². The molecule has 26 heavy (non-hydrogen) atoms. The molecule has 6 heteroatoms. The molecule has 0 aliphatic heterocycles. The van der Waals surface area contributed by atoms with Crippen LogP contribution in [0.1, 0.15) is 59.1 Å². The molecule has 0 radical (unpaired) electrons. The maximum atomic E-state index is 12.8. The molecule has 1 saturated carbocycles. The summed E-state index contributed by atoms with van der Waals surface area (Å²) in [5.41, 5.74) is 0.786. The van der Waals surface area contributed by atoms with E-state index in [9.17, 15) is 9.59 Å². The van der Waals surface area contributed by atoms with Crippen LogP contribution >= 0.6 is 11.8 Å². The Bertz CT molecular complexity index is 786. The third-order valence-corrected chi connectivity index (χ3v) is 5.97. The fourth-order valence-electron chi connectivity index (χ4n) is 3.34. The number of amides is 1. The number of hydrogen-bond acceptors (Lipinski definition) is 4. The van der Waals surface area contributed by atoms with Crippen molar-refractivity contribution in [3.63, 3.8) is 0 Å². The molecule has 3 rings (SSSR count). The maximum absolute atomic E-state index is 12.8. The average Bonchev–Trinajstić information content (AvgIpc) is 3.11. The van der Waals surface area contributed by atoms with Gasteiger partial charge in [0.15, 0.2) is 0 Å². The number of nitrogens with one attached hydrogen (secondary N) is 1. The van der Waals surface area contributed by atoms with Gasteiger partial charge in [-0.1, -0.05) is 31.9 Å². The molecule has 1 aromatic heterocycles. The van der Waals surface area contributed by atoms with Gasteiger partial charge >= 0.3 is 5.97 Å². The molecule has 2 N–H and O–H groups in total. The largest absolute Gasteiger partial charge is 0.478 e. The van der Waals surface area contributed by atoms with Gasteiger partial charge < -0.3 is 14.8 Å². The molecule has 0 spiro atoms. The van der Waals surface area contributed by atoms with Crippen LogP contribution < -0.4 is 5.32 Å². The van der Waals surface area contributed by atoms with Crippen LogP contribution in [0.3, 0.4) is 0 Å². The number of carboxylic acid groups (broad SMARTS) is 1. The zero-order valence-electron chi connectivity index (χ0n) is 14.7. The quantitative estimate of drug-likeness (QED) is 0.725. The molecule has 1 fully saturated rings. The Morgan fingerprint density at radius 1 is 1.19 bits per heavy atom. The highest BCUT2D eigenvalue weighted by Crippen LogP contribution is 2.29. The summed E-state index contributed by atoms with van der Waals surface area (Å²) in [6, 6.07) is 9.08. The third kappa shape index (κ3) is 4.30. The van der Waals surface area contributed by atoms with Gasteiger partial charge in [0.25, 0.3) is 5.91 Å². The summed E-state index contributed by atoms with van der Waals surface area (Å²) in [4.78, 5) is 24.8. The first-order valence-corrected chi connectivity index (χ1v) is 9.87. The van der Waals surface area contributed by atoms with E-state index in [-0.39, 0.29) is 17.5 Å². The van der Waals surface area contributed by atoms with E-state index in [1.54, 1.807) is 0 Å². The van der Waals surface area contributed by atoms with Gasteiger partial charge in [0.05, 0.1) is 17.6 Å². The predicted octanol–water partition coefficient (Wildman–Crippen LogP) is 4.58. The van der Waals surface area contributed by atoms with Crippen molar-refractivity contribution in [1.82, 2.24) is 5.32 Å². The number of aromatic carboxylic acids is 1. The SMILES string of the molecule is CC1CCCCC1NC(=O)c1ccccc1SCc1occc1C(=O)O. The van der Waals surface area contributed by atoms with Crippen LogP contribution in [0.5, 0.6) is 0 Å². The Kier molecular flexibility index (Phi) is 6.04. The summed E-state index contributed by atoms with van der Waals surface area (Å²) in [7, 11) is 0. The second-order valence-electron chi connectivity index (χ2n) is 6.69. The average molecular weight is 373 g/mol. The second-order valence-corrected chi connectivity index (χ2v) is 7.71. The van der Waals surface area contributed by atoms with Gasteiger partial charge in [-0.3, -0.25) is 4.79 Å². The van der Waals surface area contributed by atoms with Crippen LogP contribution in [0, 0.1) is 5.92 Å². The van der Waals surface area contributed by atoms with Gasteiger partial charge in [0.2, 0.25) is 0 Å². The third-order valence-electron chi connectivity index (χ3n) is 4.89. The Morgan fingerprint density at radius 3 is 2.73 bits per heavy atom. The van der Waals surface area contributed by atoms with E-state index in [1.165, 1.54) is 30.5 Å². The number of carboxylic acids is 1. The van der Waals surface area contributed by atoms with Crippen LogP contribution in [-0.2, 0) is 5.75 Å². The molecule has 1 heterocycles. The predicted molar refractivity (Wildman–Crippen MR) is 101 cm³/mol. The minimum Gasteiger partial charge on any atom is -0.478 e. The van der Waals surface area contributed by atoms with Crippen LogP contribution in [0.4, 0.5) is 0 Å². The van der Waals surface area contributed by atoms with Crippen molar-refractivity contribution in [3.8, 4) is 0 Å². The number of hydrogen-bond donors (Lipinski definition) is 2. The van der Waals surface area contributed by atoms with Gasteiger partial charge in [-0.25, -0.2) is 4.79 Å². The molecule has 0 bridgehead atoms. The molecule has 1 aliphatic carbocycles. The molecule has 138 valence electrons. The molecular weight excluding hydrogens is 350 g/mol. The highest BCUT2D eigenvalue weighted by Gasteiger charge is 2.24. The van der Waals surface area contributed by atoms with Crippen LogP contribution in [0.2, 0.25) is 0 Å². The van der Waals surface area contributed by atoms with E-state index in [0.717, 1.165) is 24.2 Å². The van der Waals surface area contributed by atoms with Gasteiger partial charge in [-0.05, 0) is 37.0 Å². The van der Waals surface area contributed by atoms with E-state index < -0.39 is 5.97 Å². The summed E-state index contributed by atoms with van der Waals surface area (Å²) in [6.07, 6.45) is 5.94. The summed E-state index contributed by atoms with van der Waals surface area (Å²) in [5, 5.41) is 12.3. The van der Waals surface area contributed by atoms with Gasteiger partial charge in [0.1, 0.15) is 11.3 Å². The van der Waals surface area contributed by atoms with Crippen molar-refractivity contribution >= 4 is 23.6 Å². The highest BCUT2D eigenvalue weighted by atomic mass is 32.2. The smallest absolute Gasteiger partial charge is 0.339 e. The number of carbonyl (C=O) groups is 2. The number of thioether (sulfide) groups is 1. The summed E-state index contributed by atoms with van der Waals surface area (Å²) in [5.74, 6) is 0.183. The molecule has 0 saturated heterocycles. The molecular formula is C20H23NO4S. The first-order chi connectivity index (χ1) is 12.6. The van der Waals surface area contributed by atoms with Gasteiger partial charge in [0, 0.05) is 10.9 Å². The first kappa shape index (κ1) is 18.6. The Morgan fingerprint density at radius 2 is 1.96 bits per heavy atom. The van der Waals surface area contributed by atoms with Crippen molar-refractivity contribution in [1.29, 1.82) is 0 Å². The standard InChI is InChI=1S/C20H23NO4S/c1-13-6-2-4-8-16(13)21-19(22)15-7-3-5-9-18(15)26-12-17-14(20(23)24)10-11-25-17/h3,5,7,9-11,13,16H,2,4,6,8,12H2,1H3,(H,21,22)(H,23,24). The molecule has 1 amide bonds. The topological polar surface area (TPSA) is 79.5 Å². The Hall–Kier alpha value is -2.21. The fraction of sp³-hybridized carbons (Fsp3) is 0.400. The van der Waals surface area contributed by atoms with Crippen molar-refractivity contribution < 1.29 is 19.1 Å². The molecule has 1 aliphatic rings. The zero-order chi connectivity index (χ0) is 18.5. The summed E-state index contributed by atoms with van der Waals surface area (Å²) in [6.45, 7) is 2.19. The number of furan rings is 1. The van der Waals surface area contributed by atoms with Crippen molar-refractivity contribution in [2.75, 3.05) is 0 Å². The lowest BCUT2D eigenvalue weighted by Gasteiger charge is -2.29. The lowest BCUT2D eigenvalue weighted by molar-refractivity contribution is 0.0694. The number of rotatable bonds is 6. The highest BCUT2D eigenvalue weighted by molar-refractivity contribution is 7.98. The molecule has 5 nitrogen and oxygen atoms in total. The van der Waals surface area contributed by atoms with E-state index in [2.05, 4.69) is 12.2 Å². The summed E-state index contributed by atoms with van der Waals surface area (Å²) >= 11 is 1.41. The Balaban J connectivity index is 1.70. The van der Waals surface area contributed by atoms with Gasteiger partial charge in [-0.2, -0.15) is 0 Å².